The van der Waals surface area contributed by atoms with Crippen LogP contribution in [0.25, 0.3) is 11.4 Å². The van der Waals surface area contributed by atoms with Gasteiger partial charge in [0.25, 0.3) is 0 Å². The number of ether oxygens (including phenoxy) is 1. The third-order valence-corrected chi connectivity index (χ3v) is 2.81. The van der Waals surface area contributed by atoms with Crippen molar-refractivity contribution < 1.29 is 4.74 Å². The molecule has 6 nitrogen and oxygen atoms in total. The number of nitrogen functional groups attached to an aromatic ring is 1. The zero-order valence-electron chi connectivity index (χ0n) is 10.8. The summed E-state index contributed by atoms with van der Waals surface area (Å²) in [6.45, 7) is 4.56. The molecule has 0 radical (unpaired) electrons. The van der Waals surface area contributed by atoms with Crippen LogP contribution in [0.2, 0.25) is 0 Å². The summed E-state index contributed by atoms with van der Waals surface area (Å²) in [5.74, 6) is 0.667. The molecule has 0 bridgehead atoms. The minimum absolute atomic E-state index is 0.0401. The zero-order chi connectivity index (χ0) is 13.1. The van der Waals surface area contributed by atoms with Crippen molar-refractivity contribution in [2.24, 2.45) is 0 Å². The molecular formula is C12H17N5O. The van der Waals surface area contributed by atoms with Crippen LogP contribution in [-0.2, 0) is 11.3 Å². The van der Waals surface area contributed by atoms with Gasteiger partial charge in [-0.15, -0.1) is 5.10 Å². The Kier molecular flexibility index (Phi) is 3.57. The maximum Gasteiger partial charge on any atom is 0.184 e. The molecule has 0 aliphatic heterocycles. The Bertz CT molecular complexity index is 537. The average molecular weight is 247 g/mol. The molecule has 2 N–H and O–H groups in total. The topological polar surface area (TPSA) is 78.8 Å². The summed E-state index contributed by atoms with van der Waals surface area (Å²) >= 11 is 0. The van der Waals surface area contributed by atoms with E-state index in [1.54, 1.807) is 11.8 Å². The second kappa shape index (κ2) is 5.14. The molecule has 96 valence electrons. The number of nitrogens with two attached hydrogens (primary N) is 1. The first-order chi connectivity index (χ1) is 8.61. The molecule has 0 fully saturated rings. The minimum Gasteiger partial charge on any atom is -0.398 e. The molecule has 0 saturated carbocycles. The van der Waals surface area contributed by atoms with Crippen LogP contribution in [0.5, 0.6) is 0 Å². The maximum absolute atomic E-state index is 5.97. The molecule has 1 unspecified atom stereocenters. The Hall–Kier alpha value is -1.95. The van der Waals surface area contributed by atoms with Gasteiger partial charge in [-0.1, -0.05) is 11.6 Å². The summed E-state index contributed by atoms with van der Waals surface area (Å²) in [6, 6.07) is 5.81. The van der Waals surface area contributed by atoms with Crippen LogP contribution >= 0.6 is 0 Å². The Morgan fingerprint density at radius 1 is 1.44 bits per heavy atom. The second-order valence-corrected chi connectivity index (χ2v) is 4.32. The molecule has 6 heteroatoms. The second-order valence-electron chi connectivity index (χ2n) is 4.32. The number of tetrazole rings is 1. The van der Waals surface area contributed by atoms with E-state index >= 15 is 0 Å². The molecular weight excluding hydrogens is 230 g/mol. The van der Waals surface area contributed by atoms with Crippen molar-refractivity contribution in [1.82, 2.24) is 20.2 Å². The third kappa shape index (κ3) is 2.48. The summed E-state index contributed by atoms with van der Waals surface area (Å²) < 4.78 is 6.93. The van der Waals surface area contributed by atoms with Crippen molar-refractivity contribution in [3.63, 3.8) is 0 Å². The van der Waals surface area contributed by atoms with Gasteiger partial charge in [0.05, 0.1) is 12.6 Å². The van der Waals surface area contributed by atoms with Crippen molar-refractivity contribution in [3.8, 4) is 11.4 Å². The van der Waals surface area contributed by atoms with E-state index in [-0.39, 0.29) is 6.10 Å². The first kappa shape index (κ1) is 12.5. The lowest BCUT2D eigenvalue weighted by Gasteiger charge is -2.11. The highest BCUT2D eigenvalue weighted by molar-refractivity contribution is 5.71. The van der Waals surface area contributed by atoms with Gasteiger partial charge in [-0.05, 0) is 36.4 Å². The highest BCUT2D eigenvalue weighted by atomic mass is 16.5. The van der Waals surface area contributed by atoms with E-state index in [4.69, 9.17) is 10.5 Å². The van der Waals surface area contributed by atoms with E-state index < -0.39 is 0 Å². The SMILES string of the molecule is COC(C)Cn1nnnc1-c1cc(C)ccc1N. The summed E-state index contributed by atoms with van der Waals surface area (Å²) in [5, 5.41) is 11.7. The highest BCUT2D eigenvalue weighted by Crippen LogP contribution is 2.24. The molecule has 2 aromatic rings. The van der Waals surface area contributed by atoms with Gasteiger partial charge in [0.2, 0.25) is 0 Å². The van der Waals surface area contributed by atoms with Gasteiger partial charge in [-0.2, -0.15) is 0 Å². The predicted molar refractivity (Wildman–Crippen MR) is 68.9 cm³/mol. The highest BCUT2D eigenvalue weighted by Gasteiger charge is 2.14. The lowest BCUT2D eigenvalue weighted by molar-refractivity contribution is 0.0997. The van der Waals surface area contributed by atoms with Gasteiger partial charge in [0, 0.05) is 18.4 Å². The largest absolute Gasteiger partial charge is 0.398 e. The van der Waals surface area contributed by atoms with Crippen LogP contribution in [-0.4, -0.2) is 33.4 Å². The molecule has 1 aromatic carbocycles. The number of hydrogen-bond acceptors (Lipinski definition) is 5. The van der Waals surface area contributed by atoms with Gasteiger partial charge in [0.15, 0.2) is 5.82 Å². The Labute approximate surface area is 106 Å². The first-order valence-corrected chi connectivity index (χ1v) is 5.77. The molecule has 0 aliphatic carbocycles. The summed E-state index contributed by atoms with van der Waals surface area (Å²) in [5.41, 5.74) is 8.61. The summed E-state index contributed by atoms with van der Waals surface area (Å²) in [7, 11) is 1.66. The van der Waals surface area contributed by atoms with E-state index in [1.165, 1.54) is 0 Å². The monoisotopic (exact) mass is 247 g/mol. The fraction of sp³-hybridized carbons (Fsp3) is 0.417. The van der Waals surface area contributed by atoms with Crippen LogP contribution < -0.4 is 5.73 Å². The Morgan fingerprint density at radius 2 is 2.22 bits per heavy atom. The van der Waals surface area contributed by atoms with Crippen LogP contribution in [0.15, 0.2) is 18.2 Å². The quantitative estimate of drug-likeness (QED) is 0.823. The lowest BCUT2D eigenvalue weighted by atomic mass is 10.1. The van der Waals surface area contributed by atoms with Gasteiger partial charge in [-0.25, -0.2) is 4.68 Å². The molecule has 0 amide bonds. The molecule has 1 heterocycles. The number of nitrogens with zero attached hydrogens (tertiary/aromatic N) is 4. The first-order valence-electron chi connectivity index (χ1n) is 5.77. The van der Waals surface area contributed by atoms with Crippen molar-refractivity contribution in [2.75, 3.05) is 12.8 Å². The summed E-state index contributed by atoms with van der Waals surface area (Å²) in [6.07, 6.45) is 0.0401. The Balaban J connectivity index is 2.39. The van der Waals surface area contributed by atoms with E-state index in [0.717, 1.165) is 11.1 Å². The van der Waals surface area contributed by atoms with E-state index in [1.807, 2.05) is 32.0 Å². The molecule has 18 heavy (non-hydrogen) atoms. The average Bonchev–Trinajstić information content (AvgIpc) is 2.80. The van der Waals surface area contributed by atoms with Crippen LogP contribution in [0.3, 0.4) is 0 Å². The Morgan fingerprint density at radius 3 is 2.94 bits per heavy atom. The molecule has 0 saturated heterocycles. The standard InChI is InChI=1S/C12H17N5O/c1-8-4-5-11(13)10(6-8)12-14-15-16-17(12)7-9(2)18-3/h4-6,9H,7,13H2,1-3H3. The molecule has 1 atom stereocenters. The summed E-state index contributed by atoms with van der Waals surface area (Å²) in [4.78, 5) is 0. The smallest absolute Gasteiger partial charge is 0.184 e. The van der Waals surface area contributed by atoms with Crippen LogP contribution in [0, 0.1) is 6.92 Å². The number of rotatable bonds is 4. The third-order valence-electron chi connectivity index (χ3n) is 2.81. The van der Waals surface area contributed by atoms with Crippen molar-refractivity contribution in [1.29, 1.82) is 0 Å². The number of anilines is 1. The van der Waals surface area contributed by atoms with Gasteiger partial charge < -0.3 is 10.5 Å². The fourth-order valence-corrected chi connectivity index (χ4v) is 1.70. The minimum atomic E-state index is 0.0401. The number of benzene rings is 1. The predicted octanol–water partition coefficient (Wildman–Crippen LogP) is 1.27. The number of hydrogen-bond donors (Lipinski definition) is 1. The van der Waals surface area contributed by atoms with Gasteiger partial charge in [0.1, 0.15) is 0 Å². The zero-order valence-corrected chi connectivity index (χ0v) is 10.8. The molecule has 0 aliphatic rings. The number of aromatic nitrogens is 4. The number of aryl methyl sites for hydroxylation is 1. The number of methoxy groups -OCH3 is 1. The van der Waals surface area contributed by atoms with Crippen LogP contribution in [0.1, 0.15) is 12.5 Å². The fourth-order valence-electron chi connectivity index (χ4n) is 1.70. The molecule has 1 aromatic heterocycles. The molecule has 2 rings (SSSR count). The molecule has 0 spiro atoms. The maximum atomic E-state index is 5.97. The van der Waals surface area contributed by atoms with Crippen molar-refractivity contribution in [3.05, 3.63) is 23.8 Å². The van der Waals surface area contributed by atoms with Gasteiger partial charge >= 0.3 is 0 Å². The van der Waals surface area contributed by atoms with Crippen LogP contribution in [0.4, 0.5) is 5.69 Å². The normalized spacial score (nSPS) is 12.6. The van der Waals surface area contributed by atoms with Gasteiger partial charge in [-0.3, -0.25) is 0 Å². The van der Waals surface area contributed by atoms with E-state index in [0.29, 0.717) is 18.1 Å². The van der Waals surface area contributed by atoms with Crippen molar-refractivity contribution in [2.45, 2.75) is 26.5 Å². The van der Waals surface area contributed by atoms with E-state index in [2.05, 4.69) is 15.5 Å². The van der Waals surface area contributed by atoms with E-state index in [9.17, 15) is 0 Å². The van der Waals surface area contributed by atoms with Crippen molar-refractivity contribution >= 4 is 5.69 Å². The lowest BCUT2D eigenvalue weighted by Crippen LogP contribution is -2.17.